The van der Waals surface area contributed by atoms with Crippen LogP contribution in [-0.4, -0.2) is 20.3 Å². The van der Waals surface area contributed by atoms with Gasteiger partial charge in [-0.1, -0.05) is 6.92 Å². The van der Waals surface area contributed by atoms with Gasteiger partial charge in [0.05, 0.1) is 0 Å². The summed E-state index contributed by atoms with van der Waals surface area (Å²) in [5, 5.41) is -0.231. The molecule has 0 amide bonds. The Balaban J connectivity index is 2.89. The molecule has 1 N–H and O–H groups in total. The molecular formula is C11H13ClF3NO2S. The largest absolute Gasteiger partial charge is 0.246 e. The van der Waals surface area contributed by atoms with Crippen LogP contribution < -0.4 is 4.72 Å². The van der Waals surface area contributed by atoms with E-state index in [1.807, 2.05) is 11.6 Å². The summed E-state index contributed by atoms with van der Waals surface area (Å²) in [6.45, 7) is 1.77. The second-order valence-electron chi connectivity index (χ2n) is 3.89. The Morgan fingerprint density at radius 2 is 1.79 bits per heavy atom. The van der Waals surface area contributed by atoms with Gasteiger partial charge in [-0.2, -0.15) is 0 Å². The first-order valence-corrected chi connectivity index (χ1v) is 7.48. The third-order valence-corrected chi connectivity index (χ3v) is 4.46. The molecule has 0 radical (unpaired) electrons. The quantitative estimate of drug-likeness (QED) is 0.821. The van der Waals surface area contributed by atoms with E-state index in [1.54, 1.807) is 0 Å². The maximum atomic E-state index is 13.3. The van der Waals surface area contributed by atoms with Gasteiger partial charge in [0, 0.05) is 24.1 Å². The Kier molecular flexibility index (Phi) is 5.64. The van der Waals surface area contributed by atoms with Gasteiger partial charge in [0.15, 0.2) is 4.90 Å². The van der Waals surface area contributed by atoms with Crippen LogP contribution in [0.25, 0.3) is 0 Å². The highest BCUT2D eigenvalue weighted by Gasteiger charge is 2.24. The summed E-state index contributed by atoms with van der Waals surface area (Å²) >= 11 is 5.79. The predicted octanol–water partition coefficient (Wildman–Crippen LogP) is 2.79. The average molecular weight is 316 g/mol. The molecule has 0 aliphatic carbocycles. The fourth-order valence-electron chi connectivity index (χ4n) is 1.41. The van der Waals surface area contributed by atoms with E-state index >= 15 is 0 Å². The molecule has 0 aromatic heterocycles. The first kappa shape index (κ1) is 16.3. The molecule has 0 bridgehead atoms. The van der Waals surface area contributed by atoms with Crippen LogP contribution in [0, 0.1) is 17.5 Å². The molecule has 0 saturated carbocycles. The summed E-state index contributed by atoms with van der Waals surface area (Å²) in [6.07, 6.45) is 0.963. The number of hydrogen-bond acceptors (Lipinski definition) is 2. The lowest BCUT2D eigenvalue weighted by molar-refractivity contribution is 0.493. The Morgan fingerprint density at radius 3 is 2.26 bits per heavy atom. The summed E-state index contributed by atoms with van der Waals surface area (Å²) in [5.41, 5.74) is 0. The zero-order chi connectivity index (χ0) is 14.6. The number of alkyl halides is 1. The van der Waals surface area contributed by atoms with Gasteiger partial charge in [0.1, 0.15) is 17.5 Å². The molecule has 0 saturated heterocycles. The molecule has 0 heterocycles. The molecule has 8 heteroatoms. The van der Waals surface area contributed by atoms with E-state index in [4.69, 9.17) is 11.6 Å². The van der Waals surface area contributed by atoms with Crippen molar-refractivity contribution in [2.24, 2.45) is 0 Å². The lowest BCUT2D eigenvalue weighted by Crippen LogP contribution is -2.28. The third kappa shape index (κ3) is 4.36. The van der Waals surface area contributed by atoms with Crippen molar-refractivity contribution in [3.63, 3.8) is 0 Å². The standard InChI is InChI=1S/C11H13ClF3NO2S/c1-2-7(12)3-4-16-19(17,18)11-9(14)5-8(13)6-10(11)15/h5-7,16H,2-4H2,1H3. The Hall–Kier alpha value is -0.790. The molecule has 0 fully saturated rings. The minimum Gasteiger partial charge on any atom is -0.211 e. The van der Waals surface area contributed by atoms with Gasteiger partial charge in [-0.25, -0.2) is 26.3 Å². The number of sulfonamides is 1. The van der Waals surface area contributed by atoms with Crippen molar-refractivity contribution in [3.8, 4) is 0 Å². The Bertz CT molecular complexity index is 528. The number of halogens is 4. The number of benzene rings is 1. The first-order valence-electron chi connectivity index (χ1n) is 5.56. The van der Waals surface area contributed by atoms with E-state index in [-0.39, 0.29) is 11.9 Å². The van der Waals surface area contributed by atoms with Gasteiger partial charge in [-0.05, 0) is 12.8 Å². The fourth-order valence-corrected chi connectivity index (χ4v) is 2.68. The minimum absolute atomic E-state index is 0.0550. The molecule has 0 spiro atoms. The summed E-state index contributed by atoms with van der Waals surface area (Å²) in [6, 6.07) is 0.627. The fraction of sp³-hybridized carbons (Fsp3) is 0.455. The molecule has 19 heavy (non-hydrogen) atoms. The van der Waals surface area contributed by atoms with Gasteiger partial charge in [0.2, 0.25) is 10.0 Å². The second kappa shape index (κ2) is 6.58. The van der Waals surface area contributed by atoms with Crippen molar-refractivity contribution in [1.29, 1.82) is 0 Å². The van der Waals surface area contributed by atoms with Crippen LogP contribution in [-0.2, 0) is 10.0 Å². The van der Waals surface area contributed by atoms with Gasteiger partial charge in [-0.3, -0.25) is 0 Å². The Morgan fingerprint density at radius 1 is 1.26 bits per heavy atom. The van der Waals surface area contributed by atoms with Crippen molar-refractivity contribution in [2.75, 3.05) is 6.54 Å². The van der Waals surface area contributed by atoms with E-state index in [2.05, 4.69) is 0 Å². The average Bonchev–Trinajstić information content (AvgIpc) is 2.26. The maximum absolute atomic E-state index is 13.3. The van der Waals surface area contributed by atoms with Crippen molar-refractivity contribution >= 4 is 21.6 Å². The smallest absolute Gasteiger partial charge is 0.211 e. The van der Waals surface area contributed by atoms with E-state index in [0.717, 1.165) is 0 Å². The molecule has 1 aromatic carbocycles. The van der Waals surface area contributed by atoms with Gasteiger partial charge in [-0.15, -0.1) is 11.6 Å². The van der Waals surface area contributed by atoms with Crippen molar-refractivity contribution in [1.82, 2.24) is 4.72 Å². The lowest BCUT2D eigenvalue weighted by atomic mass is 10.2. The van der Waals surface area contributed by atoms with E-state index in [0.29, 0.717) is 25.0 Å². The molecule has 1 aromatic rings. The monoisotopic (exact) mass is 315 g/mol. The summed E-state index contributed by atoms with van der Waals surface area (Å²) in [7, 11) is -4.37. The lowest BCUT2D eigenvalue weighted by Gasteiger charge is -2.10. The van der Waals surface area contributed by atoms with E-state index < -0.39 is 32.4 Å². The van der Waals surface area contributed by atoms with E-state index in [9.17, 15) is 21.6 Å². The van der Waals surface area contributed by atoms with Crippen LogP contribution in [0.5, 0.6) is 0 Å². The van der Waals surface area contributed by atoms with E-state index in [1.165, 1.54) is 0 Å². The van der Waals surface area contributed by atoms with Crippen molar-refractivity contribution in [2.45, 2.75) is 30.0 Å². The van der Waals surface area contributed by atoms with Gasteiger partial charge in [0.25, 0.3) is 0 Å². The predicted molar refractivity (Wildman–Crippen MR) is 66.1 cm³/mol. The van der Waals surface area contributed by atoms with Crippen molar-refractivity contribution < 1.29 is 21.6 Å². The molecule has 1 unspecified atom stereocenters. The van der Waals surface area contributed by atoms with Crippen LogP contribution in [0.3, 0.4) is 0 Å². The molecule has 1 rings (SSSR count). The molecular weight excluding hydrogens is 303 g/mol. The van der Waals surface area contributed by atoms with Crippen LogP contribution in [0.1, 0.15) is 19.8 Å². The number of hydrogen-bond donors (Lipinski definition) is 1. The zero-order valence-electron chi connectivity index (χ0n) is 10.1. The topological polar surface area (TPSA) is 46.2 Å². The van der Waals surface area contributed by atoms with Crippen LogP contribution >= 0.6 is 11.6 Å². The van der Waals surface area contributed by atoms with Gasteiger partial charge >= 0.3 is 0 Å². The summed E-state index contributed by atoms with van der Waals surface area (Å²) in [5.74, 6) is -4.12. The molecule has 3 nitrogen and oxygen atoms in total. The van der Waals surface area contributed by atoms with Gasteiger partial charge < -0.3 is 0 Å². The van der Waals surface area contributed by atoms with Crippen LogP contribution in [0.15, 0.2) is 17.0 Å². The normalized spacial score (nSPS) is 13.5. The highest BCUT2D eigenvalue weighted by molar-refractivity contribution is 7.89. The first-order chi connectivity index (χ1) is 8.77. The second-order valence-corrected chi connectivity index (χ2v) is 6.21. The van der Waals surface area contributed by atoms with Crippen molar-refractivity contribution in [3.05, 3.63) is 29.6 Å². The summed E-state index contributed by atoms with van der Waals surface area (Å²) < 4.78 is 64.8. The van der Waals surface area contributed by atoms with Crippen LogP contribution in [0.4, 0.5) is 13.2 Å². The number of rotatable bonds is 6. The highest BCUT2D eigenvalue weighted by atomic mass is 35.5. The zero-order valence-corrected chi connectivity index (χ0v) is 11.7. The summed E-state index contributed by atoms with van der Waals surface area (Å²) in [4.78, 5) is -1.18. The SMILES string of the molecule is CCC(Cl)CCNS(=O)(=O)c1c(F)cc(F)cc1F. The highest BCUT2D eigenvalue weighted by Crippen LogP contribution is 2.20. The number of nitrogens with one attached hydrogen (secondary N) is 1. The molecule has 1 atom stereocenters. The Labute approximate surface area is 114 Å². The minimum atomic E-state index is -4.37. The molecule has 0 aliphatic heterocycles. The third-order valence-electron chi connectivity index (χ3n) is 2.42. The van der Waals surface area contributed by atoms with Crippen LogP contribution in [0.2, 0.25) is 0 Å². The maximum Gasteiger partial charge on any atom is 0.246 e. The molecule has 108 valence electrons. The molecule has 0 aliphatic rings.